The summed E-state index contributed by atoms with van der Waals surface area (Å²) in [6.45, 7) is 0.895. The smallest absolute Gasteiger partial charge is 0.330 e. The van der Waals surface area contributed by atoms with Crippen molar-refractivity contribution in [2.24, 2.45) is 7.05 Å². The Hall–Kier alpha value is -2.67. The zero-order chi connectivity index (χ0) is 19.1. The number of imidazole rings is 1. The van der Waals surface area contributed by atoms with Crippen LogP contribution in [0.4, 0.5) is 4.39 Å². The standard InChI is InChI=1S/C19H18ClFN4O2/c1-23-16-6-3-8-22-18(16)25(19(23)27)12-7-9-24(11-12)17(26)10-13-14(20)4-2-5-15(13)21/h2-6,8,12H,7,9-11H2,1H3/t12-/m1/s1. The van der Waals surface area contributed by atoms with Crippen molar-refractivity contribution < 1.29 is 9.18 Å². The maximum atomic E-state index is 14.0. The van der Waals surface area contributed by atoms with Crippen molar-refractivity contribution in [2.45, 2.75) is 18.9 Å². The second-order valence-electron chi connectivity index (χ2n) is 6.72. The van der Waals surface area contributed by atoms with Gasteiger partial charge in [0.15, 0.2) is 5.65 Å². The zero-order valence-electron chi connectivity index (χ0n) is 14.7. The van der Waals surface area contributed by atoms with E-state index in [2.05, 4.69) is 4.98 Å². The normalized spacial score (nSPS) is 17.0. The summed E-state index contributed by atoms with van der Waals surface area (Å²) in [6, 6.07) is 7.85. The first kappa shape index (κ1) is 17.7. The number of hydrogen-bond acceptors (Lipinski definition) is 3. The molecule has 0 saturated carbocycles. The molecule has 0 unspecified atom stereocenters. The summed E-state index contributed by atoms with van der Waals surface area (Å²) in [5, 5.41) is 0.244. The molecule has 0 aliphatic carbocycles. The number of pyridine rings is 1. The van der Waals surface area contributed by atoms with E-state index >= 15 is 0 Å². The lowest BCUT2D eigenvalue weighted by molar-refractivity contribution is -0.129. The number of carbonyl (C=O) groups excluding carboxylic acids is 1. The molecule has 1 atom stereocenters. The van der Waals surface area contributed by atoms with Crippen LogP contribution in [-0.4, -0.2) is 38.0 Å². The summed E-state index contributed by atoms with van der Waals surface area (Å²) in [7, 11) is 1.71. The molecule has 1 fully saturated rings. The molecule has 4 rings (SSSR count). The molecule has 0 spiro atoms. The number of carbonyl (C=O) groups is 1. The second kappa shape index (κ2) is 6.81. The molecule has 1 saturated heterocycles. The Kier molecular flexibility index (Phi) is 4.47. The van der Waals surface area contributed by atoms with Crippen molar-refractivity contribution in [1.82, 2.24) is 19.0 Å². The number of fused-ring (bicyclic) bond motifs is 1. The monoisotopic (exact) mass is 388 g/mol. The fourth-order valence-electron chi connectivity index (χ4n) is 3.66. The molecule has 0 N–H and O–H groups in total. The predicted molar refractivity (Wildman–Crippen MR) is 100 cm³/mol. The molecule has 3 heterocycles. The molecule has 1 amide bonds. The van der Waals surface area contributed by atoms with E-state index < -0.39 is 5.82 Å². The number of amides is 1. The molecule has 6 nitrogen and oxygen atoms in total. The van der Waals surface area contributed by atoms with Gasteiger partial charge in [0.25, 0.3) is 0 Å². The van der Waals surface area contributed by atoms with Gasteiger partial charge in [-0.25, -0.2) is 14.2 Å². The van der Waals surface area contributed by atoms with Crippen molar-refractivity contribution in [3.63, 3.8) is 0 Å². The number of likely N-dealkylation sites (tertiary alicyclic amines) is 1. The van der Waals surface area contributed by atoms with Crippen molar-refractivity contribution >= 4 is 28.7 Å². The average Bonchev–Trinajstić information content (AvgIpc) is 3.23. The van der Waals surface area contributed by atoms with Crippen LogP contribution >= 0.6 is 11.6 Å². The van der Waals surface area contributed by atoms with Gasteiger partial charge in [-0.05, 0) is 30.7 Å². The fraction of sp³-hybridized carbons (Fsp3) is 0.316. The van der Waals surface area contributed by atoms with Crippen LogP contribution in [0, 0.1) is 5.82 Å². The van der Waals surface area contributed by atoms with Crippen LogP contribution in [0.2, 0.25) is 5.02 Å². The molecule has 0 radical (unpaired) electrons. The van der Waals surface area contributed by atoms with Crippen LogP contribution in [0.1, 0.15) is 18.0 Å². The third-order valence-electron chi connectivity index (χ3n) is 5.12. The molecule has 1 aliphatic rings. The summed E-state index contributed by atoms with van der Waals surface area (Å²) in [6.07, 6.45) is 2.20. The van der Waals surface area contributed by atoms with Gasteiger partial charge in [-0.1, -0.05) is 17.7 Å². The van der Waals surface area contributed by atoms with E-state index in [1.54, 1.807) is 39.4 Å². The van der Waals surface area contributed by atoms with Crippen LogP contribution in [0.15, 0.2) is 41.3 Å². The number of aryl methyl sites for hydroxylation is 1. The van der Waals surface area contributed by atoms with E-state index in [0.717, 1.165) is 5.52 Å². The van der Waals surface area contributed by atoms with Gasteiger partial charge in [-0.2, -0.15) is 0 Å². The Labute approximate surface area is 159 Å². The third kappa shape index (κ3) is 3.02. The number of halogens is 2. The van der Waals surface area contributed by atoms with Crippen LogP contribution < -0.4 is 5.69 Å². The summed E-state index contributed by atoms with van der Waals surface area (Å²) in [5.74, 6) is -0.688. The van der Waals surface area contributed by atoms with E-state index in [-0.39, 0.29) is 34.6 Å². The van der Waals surface area contributed by atoms with Crippen LogP contribution in [0.5, 0.6) is 0 Å². The van der Waals surface area contributed by atoms with Gasteiger partial charge >= 0.3 is 5.69 Å². The van der Waals surface area contributed by atoms with Gasteiger partial charge in [0.2, 0.25) is 5.91 Å². The first-order valence-corrected chi connectivity index (χ1v) is 9.07. The number of hydrogen-bond donors (Lipinski definition) is 0. The summed E-state index contributed by atoms with van der Waals surface area (Å²) in [4.78, 5) is 31.3. The quantitative estimate of drug-likeness (QED) is 0.692. The molecule has 1 aromatic carbocycles. The highest BCUT2D eigenvalue weighted by Crippen LogP contribution is 2.26. The number of benzene rings is 1. The zero-order valence-corrected chi connectivity index (χ0v) is 15.5. The Balaban J connectivity index is 1.57. The molecule has 1 aliphatic heterocycles. The third-order valence-corrected chi connectivity index (χ3v) is 5.47. The summed E-state index contributed by atoms with van der Waals surface area (Å²) >= 11 is 6.03. The first-order valence-electron chi connectivity index (χ1n) is 8.70. The SMILES string of the molecule is Cn1c(=O)n([C@@H]2CCN(C(=O)Cc3c(F)cccc3Cl)C2)c2ncccc21. The highest BCUT2D eigenvalue weighted by Gasteiger charge is 2.31. The lowest BCUT2D eigenvalue weighted by Crippen LogP contribution is -2.32. The molecule has 0 bridgehead atoms. The van der Waals surface area contributed by atoms with Crippen molar-refractivity contribution in [2.75, 3.05) is 13.1 Å². The Morgan fingerprint density at radius 1 is 1.33 bits per heavy atom. The Morgan fingerprint density at radius 2 is 2.15 bits per heavy atom. The first-order chi connectivity index (χ1) is 13.0. The van der Waals surface area contributed by atoms with Crippen LogP contribution in [-0.2, 0) is 18.3 Å². The van der Waals surface area contributed by atoms with E-state index in [4.69, 9.17) is 11.6 Å². The highest BCUT2D eigenvalue weighted by molar-refractivity contribution is 6.31. The van der Waals surface area contributed by atoms with Gasteiger partial charge in [0, 0.05) is 36.9 Å². The Morgan fingerprint density at radius 3 is 2.93 bits per heavy atom. The molecule has 2 aromatic heterocycles. The summed E-state index contributed by atoms with van der Waals surface area (Å²) in [5.41, 5.74) is 1.42. The van der Waals surface area contributed by atoms with Crippen LogP contribution in [0.3, 0.4) is 0 Å². The molecule has 140 valence electrons. The van der Waals surface area contributed by atoms with Gasteiger partial charge in [0.1, 0.15) is 5.82 Å². The van der Waals surface area contributed by atoms with E-state index in [9.17, 15) is 14.0 Å². The molecular formula is C19H18ClFN4O2. The lowest BCUT2D eigenvalue weighted by Gasteiger charge is -2.17. The van der Waals surface area contributed by atoms with Crippen molar-refractivity contribution in [1.29, 1.82) is 0 Å². The van der Waals surface area contributed by atoms with E-state index in [1.165, 1.54) is 12.1 Å². The van der Waals surface area contributed by atoms with E-state index in [1.807, 2.05) is 6.07 Å². The predicted octanol–water partition coefficient (Wildman–Crippen LogP) is 2.54. The molecule has 27 heavy (non-hydrogen) atoms. The average molecular weight is 389 g/mol. The van der Waals surface area contributed by atoms with Crippen molar-refractivity contribution in [3.05, 3.63) is 63.4 Å². The topological polar surface area (TPSA) is 60.1 Å². The number of nitrogens with zero attached hydrogens (tertiary/aromatic N) is 4. The maximum absolute atomic E-state index is 14.0. The minimum Gasteiger partial charge on any atom is -0.340 e. The minimum atomic E-state index is -0.485. The van der Waals surface area contributed by atoms with Gasteiger partial charge in [-0.15, -0.1) is 0 Å². The molecule has 3 aromatic rings. The summed E-state index contributed by atoms with van der Waals surface area (Å²) < 4.78 is 17.2. The Bertz CT molecular complexity index is 1070. The highest BCUT2D eigenvalue weighted by atomic mass is 35.5. The van der Waals surface area contributed by atoms with E-state index in [0.29, 0.717) is 25.2 Å². The molecular weight excluding hydrogens is 371 g/mol. The van der Waals surface area contributed by atoms with Gasteiger partial charge in [-0.3, -0.25) is 13.9 Å². The maximum Gasteiger partial charge on any atom is 0.330 e. The van der Waals surface area contributed by atoms with Gasteiger partial charge in [0.05, 0.1) is 18.0 Å². The van der Waals surface area contributed by atoms with Crippen molar-refractivity contribution in [3.8, 4) is 0 Å². The van der Waals surface area contributed by atoms with Crippen LogP contribution in [0.25, 0.3) is 11.2 Å². The number of aromatic nitrogens is 3. The van der Waals surface area contributed by atoms with Gasteiger partial charge < -0.3 is 4.90 Å². The molecule has 8 heteroatoms. The largest absolute Gasteiger partial charge is 0.340 e. The number of rotatable bonds is 3. The second-order valence-corrected chi connectivity index (χ2v) is 7.12. The lowest BCUT2D eigenvalue weighted by atomic mass is 10.1. The minimum absolute atomic E-state index is 0.0963. The fourth-order valence-corrected chi connectivity index (χ4v) is 3.89.